The lowest BCUT2D eigenvalue weighted by atomic mass is 9.63. The number of halogens is 1. The predicted octanol–water partition coefficient (Wildman–Crippen LogP) is 10.2. The molecule has 2 aliphatic rings. The number of carbonyl (C=O) groups is 1. The molecular weight excluding hydrogens is 568 g/mol. The van der Waals surface area contributed by atoms with Crippen molar-refractivity contribution in [2.24, 2.45) is 17.3 Å². The second kappa shape index (κ2) is 24.0. The van der Waals surface area contributed by atoms with Crippen molar-refractivity contribution in [3.8, 4) is 11.8 Å². The summed E-state index contributed by atoms with van der Waals surface area (Å²) >= 11 is 6.61. The van der Waals surface area contributed by atoms with Crippen molar-refractivity contribution in [1.29, 1.82) is 0 Å². The van der Waals surface area contributed by atoms with E-state index in [2.05, 4.69) is 50.0 Å². The van der Waals surface area contributed by atoms with E-state index in [0.717, 1.165) is 51.4 Å². The van der Waals surface area contributed by atoms with E-state index in [1.807, 2.05) is 0 Å². The molecule has 2 N–H and O–H groups in total. The highest BCUT2D eigenvalue weighted by Crippen LogP contribution is 2.48. The second-order valence-electron chi connectivity index (χ2n) is 13.6. The molecule has 44 heavy (non-hydrogen) atoms. The molecule has 0 aromatic heterocycles. The molecule has 252 valence electrons. The Morgan fingerprint density at radius 3 is 2.20 bits per heavy atom. The van der Waals surface area contributed by atoms with E-state index in [-0.39, 0.29) is 41.3 Å². The Bertz CT molecular complexity index is 862. The summed E-state index contributed by atoms with van der Waals surface area (Å²) in [6.45, 7) is 4.64. The van der Waals surface area contributed by atoms with Gasteiger partial charge in [-0.1, -0.05) is 127 Å². The molecule has 2 rings (SSSR count). The summed E-state index contributed by atoms with van der Waals surface area (Å²) in [5.41, 5.74) is 0.0986. The van der Waals surface area contributed by atoms with Crippen LogP contribution in [0.1, 0.15) is 162 Å². The maximum Gasteiger partial charge on any atom is 0.306 e. The third-order valence-corrected chi connectivity index (χ3v) is 10.8. The molecule has 5 heteroatoms. The smallest absolute Gasteiger partial charge is 0.306 e. The monoisotopic (exact) mass is 632 g/mol. The van der Waals surface area contributed by atoms with E-state index < -0.39 is 6.10 Å². The highest BCUT2D eigenvalue weighted by atomic mass is 35.5. The molecule has 2 aliphatic carbocycles. The van der Waals surface area contributed by atoms with Gasteiger partial charge in [0, 0.05) is 24.1 Å². The third kappa shape index (κ3) is 15.3. The first-order valence-electron chi connectivity index (χ1n) is 18.4. The van der Waals surface area contributed by atoms with Crippen LogP contribution in [0.15, 0.2) is 24.3 Å². The predicted molar refractivity (Wildman–Crippen MR) is 186 cm³/mol. The largest absolute Gasteiger partial charge is 0.452 e. The number of ether oxygens (including phenoxy) is 1. The zero-order valence-corrected chi connectivity index (χ0v) is 29.0. The van der Waals surface area contributed by atoms with Gasteiger partial charge in [0.25, 0.3) is 0 Å². The number of alkyl halides is 1. The first-order chi connectivity index (χ1) is 21.4. The van der Waals surface area contributed by atoms with Gasteiger partial charge in [-0.25, -0.2) is 0 Å². The average Bonchev–Trinajstić information content (AvgIpc) is 3.25. The van der Waals surface area contributed by atoms with Crippen molar-refractivity contribution in [2.75, 3.05) is 6.61 Å². The highest BCUT2D eigenvalue weighted by Gasteiger charge is 2.42. The quantitative estimate of drug-likeness (QED) is 0.0365. The number of unbranched alkanes of at least 4 members (excludes halogenated alkanes) is 13. The molecule has 0 heterocycles. The number of aliphatic hydroxyl groups is 2. The van der Waals surface area contributed by atoms with Crippen molar-refractivity contribution < 1.29 is 19.7 Å². The average molecular weight is 633 g/mol. The highest BCUT2D eigenvalue weighted by molar-refractivity contribution is 6.21. The lowest BCUT2D eigenvalue weighted by molar-refractivity contribution is -0.142. The van der Waals surface area contributed by atoms with Gasteiger partial charge in [0.05, 0.1) is 12.2 Å². The topological polar surface area (TPSA) is 66.8 Å². The van der Waals surface area contributed by atoms with Gasteiger partial charge < -0.3 is 14.9 Å². The number of rotatable bonds is 24. The Morgan fingerprint density at radius 1 is 0.932 bits per heavy atom. The van der Waals surface area contributed by atoms with Crippen LogP contribution in [0.5, 0.6) is 0 Å². The minimum atomic E-state index is -0.435. The molecule has 4 nitrogen and oxygen atoms in total. The summed E-state index contributed by atoms with van der Waals surface area (Å²) in [6.07, 6.45) is 33.2. The van der Waals surface area contributed by atoms with E-state index in [0.29, 0.717) is 19.3 Å². The van der Waals surface area contributed by atoms with Gasteiger partial charge in [-0.05, 0) is 69.1 Å². The zero-order chi connectivity index (χ0) is 31.9. The molecule has 0 unspecified atom stereocenters. The van der Waals surface area contributed by atoms with Gasteiger partial charge in [-0.3, -0.25) is 4.79 Å². The molecule has 0 aliphatic heterocycles. The fourth-order valence-electron chi connectivity index (χ4n) is 6.95. The first-order valence-corrected chi connectivity index (χ1v) is 18.8. The Kier molecular flexibility index (Phi) is 21.2. The Morgan fingerprint density at radius 2 is 1.59 bits per heavy atom. The molecule has 0 spiro atoms. The number of hydrogen-bond donors (Lipinski definition) is 2. The minimum absolute atomic E-state index is 0.0177. The number of allylic oxidation sites excluding steroid dienone is 2. The van der Waals surface area contributed by atoms with Crippen LogP contribution in [0.25, 0.3) is 0 Å². The third-order valence-electron chi connectivity index (χ3n) is 10.3. The summed E-state index contributed by atoms with van der Waals surface area (Å²) < 4.78 is 5.27. The summed E-state index contributed by atoms with van der Waals surface area (Å²) in [7, 11) is 0. The summed E-state index contributed by atoms with van der Waals surface area (Å²) in [4.78, 5) is 12.0. The molecule has 2 saturated carbocycles. The van der Waals surface area contributed by atoms with E-state index in [1.54, 1.807) is 0 Å². The van der Waals surface area contributed by atoms with E-state index in [4.69, 9.17) is 16.3 Å². The second-order valence-corrected chi connectivity index (χ2v) is 14.1. The minimum Gasteiger partial charge on any atom is -0.452 e. The van der Waals surface area contributed by atoms with Crippen LogP contribution in [-0.4, -0.2) is 40.4 Å². The van der Waals surface area contributed by atoms with E-state index in [9.17, 15) is 15.0 Å². The lowest BCUT2D eigenvalue weighted by Gasteiger charge is -2.45. The molecule has 0 amide bonds. The number of esters is 1. The molecule has 2 fully saturated rings. The van der Waals surface area contributed by atoms with Crippen LogP contribution >= 0.6 is 11.6 Å². The van der Waals surface area contributed by atoms with Gasteiger partial charge in [-0.15, -0.1) is 11.6 Å². The van der Waals surface area contributed by atoms with Crippen LogP contribution in [0.4, 0.5) is 0 Å². The summed E-state index contributed by atoms with van der Waals surface area (Å²) in [5.74, 6) is 6.15. The molecular formula is C39H65ClO4. The maximum absolute atomic E-state index is 12.0. The van der Waals surface area contributed by atoms with Crippen LogP contribution in [-0.2, 0) is 9.53 Å². The Balaban J connectivity index is 1.48. The molecule has 5 atom stereocenters. The van der Waals surface area contributed by atoms with Gasteiger partial charge in [0.1, 0.15) is 0 Å². The number of aliphatic hydroxyl groups excluding tert-OH is 2. The normalized spacial score (nSPS) is 23.5. The molecule has 0 radical (unpaired) electrons. The van der Waals surface area contributed by atoms with Crippen molar-refractivity contribution in [3.63, 3.8) is 0 Å². The van der Waals surface area contributed by atoms with Crippen molar-refractivity contribution in [2.45, 2.75) is 179 Å². The van der Waals surface area contributed by atoms with Crippen LogP contribution in [0.2, 0.25) is 0 Å². The van der Waals surface area contributed by atoms with Crippen LogP contribution in [0.3, 0.4) is 0 Å². The fourth-order valence-corrected chi connectivity index (χ4v) is 7.40. The molecule has 0 bridgehead atoms. The lowest BCUT2D eigenvalue weighted by Crippen LogP contribution is -2.40. The Labute approximate surface area is 275 Å². The summed E-state index contributed by atoms with van der Waals surface area (Å²) in [5, 5.41) is 21.2. The van der Waals surface area contributed by atoms with Gasteiger partial charge in [0.15, 0.2) is 6.61 Å². The van der Waals surface area contributed by atoms with Gasteiger partial charge in [0.2, 0.25) is 0 Å². The van der Waals surface area contributed by atoms with E-state index >= 15 is 0 Å². The van der Waals surface area contributed by atoms with Crippen molar-refractivity contribution >= 4 is 17.6 Å². The van der Waals surface area contributed by atoms with Gasteiger partial charge in [-0.2, -0.15) is 0 Å². The number of carbonyl (C=O) groups excluding carboxylic acids is 1. The van der Waals surface area contributed by atoms with Crippen molar-refractivity contribution in [1.82, 2.24) is 0 Å². The molecule has 0 aromatic carbocycles. The SMILES string of the molecule is CCCCCCCCCCCCCCC#CCOC(=O)CCCC=CC[C@@H]1[C@@H](C=CC[C@H](O)C2(CC)CCC2)[C@H](O)C[C@H]1Cl. The summed E-state index contributed by atoms with van der Waals surface area (Å²) in [6, 6.07) is 0. The zero-order valence-electron chi connectivity index (χ0n) is 28.3. The number of hydrogen-bond acceptors (Lipinski definition) is 4. The van der Waals surface area contributed by atoms with E-state index in [1.165, 1.54) is 77.0 Å². The van der Waals surface area contributed by atoms with Crippen LogP contribution in [0, 0.1) is 29.1 Å². The fraction of sp³-hybridized carbons (Fsp3) is 0.821. The van der Waals surface area contributed by atoms with Gasteiger partial charge >= 0.3 is 5.97 Å². The first kappa shape index (κ1) is 38.9. The van der Waals surface area contributed by atoms with Crippen molar-refractivity contribution in [3.05, 3.63) is 24.3 Å². The van der Waals surface area contributed by atoms with Crippen LogP contribution < -0.4 is 0 Å². The Hall–Kier alpha value is -1.28. The standard InChI is InChI=1S/C39H65ClO4/c1-3-5-6-7-8-9-10-11-12-13-14-15-16-19-22-31-44-38(43)28-21-18-17-20-25-33-34(36(41)32-35(33)40)26-23-27-37(42)39(4-2)29-24-30-39/h17,20,23,26,33-37,41-42H,3-16,18,21,24-25,27-32H2,1-2H3/t33-,34-,35-,36-,37+/m1/s1. The molecule has 0 saturated heterocycles. The molecule has 0 aromatic rings. The maximum atomic E-state index is 12.0.